The summed E-state index contributed by atoms with van der Waals surface area (Å²) in [6.07, 6.45) is 0. The number of hydrogen-bond donors (Lipinski definition) is 0. The summed E-state index contributed by atoms with van der Waals surface area (Å²) in [5, 5.41) is 4.10. The molecule has 0 radical (unpaired) electrons. The molecule has 1 aliphatic rings. The first-order chi connectivity index (χ1) is 13.5. The summed E-state index contributed by atoms with van der Waals surface area (Å²) >= 11 is 0. The van der Waals surface area contributed by atoms with E-state index in [0.717, 1.165) is 5.56 Å². The maximum atomic E-state index is 13.0. The van der Waals surface area contributed by atoms with Crippen LogP contribution in [0.5, 0.6) is 0 Å². The van der Waals surface area contributed by atoms with Crippen LogP contribution in [0.2, 0.25) is 0 Å². The number of piperazine rings is 1. The molecule has 160 valence electrons. The number of nitrogens with zero attached hydrogens (tertiary/aromatic N) is 4. The van der Waals surface area contributed by atoms with Gasteiger partial charge in [0, 0.05) is 31.6 Å². The Morgan fingerprint density at radius 3 is 2.07 bits per heavy atom. The Balaban J connectivity index is 1.65. The average molecular weight is 421 g/mol. The molecule has 29 heavy (non-hydrogen) atoms. The van der Waals surface area contributed by atoms with Gasteiger partial charge in [0.25, 0.3) is 0 Å². The molecule has 3 rings (SSSR count). The van der Waals surface area contributed by atoms with E-state index >= 15 is 0 Å². The van der Waals surface area contributed by atoms with E-state index in [1.807, 2.05) is 39.8 Å². The summed E-state index contributed by atoms with van der Waals surface area (Å²) in [4.78, 5) is 7.09. The van der Waals surface area contributed by atoms with Crippen molar-refractivity contribution in [2.75, 3.05) is 26.2 Å². The monoisotopic (exact) mass is 420 g/mol. The zero-order valence-corrected chi connectivity index (χ0v) is 19.0. The molecule has 1 unspecified atom stereocenters. The van der Waals surface area contributed by atoms with E-state index in [0.29, 0.717) is 48.7 Å². The zero-order valence-electron chi connectivity index (χ0n) is 18.2. The van der Waals surface area contributed by atoms with Crippen LogP contribution < -0.4 is 0 Å². The second-order valence-electron chi connectivity index (χ2n) is 9.05. The lowest BCUT2D eigenvalue weighted by Gasteiger charge is -2.36. The molecule has 8 heteroatoms. The van der Waals surface area contributed by atoms with Crippen molar-refractivity contribution in [3.8, 4) is 0 Å². The fourth-order valence-corrected chi connectivity index (χ4v) is 4.79. The Hall–Kier alpha value is -1.77. The highest BCUT2D eigenvalue weighted by molar-refractivity contribution is 7.89. The minimum absolute atomic E-state index is 0.0474. The standard InChI is InChI=1S/C21H32N4O3S/c1-15(2)17-7-9-18(10-8-17)29(26,27)25-13-11-24(12-14-25)16(3)19-22-20(23-28-19)21(4,5)6/h7-10,15-16H,11-14H2,1-6H3. The van der Waals surface area contributed by atoms with Crippen LogP contribution >= 0.6 is 0 Å². The van der Waals surface area contributed by atoms with Crippen molar-refractivity contribution in [2.45, 2.75) is 63.8 Å². The Morgan fingerprint density at radius 2 is 1.59 bits per heavy atom. The third-order valence-electron chi connectivity index (χ3n) is 5.48. The highest BCUT2D eigenvalue weighted by atomic mass is 32.2. The topological polar surface area (TPSA) is 79.5 Å². The first kappa shape index (κ1) is 21.9. The van der Waals surface area contributed by atoms with Crippen LogP contribution in [0.4, 0.5) is 0 Å². The average Bonchev–Trinajstić information content (AvgIpc) is 3.18. The lowest BCUT2D eigenvalue weighted by atomic mass is 9.96. The van der Waals surface area contributed by atoms with Gasteiger partial charge in [-0.05, 0) is 30.5 Å². The number of hydrogen-bond acceptors (Lipinski definition) is 6. The molecule has 1 saturated heterocycles. The molecular weight excluding hydrogens is 388 g/mol. The summed E-state index contributed by atoms with van der Waals surface area (Å²) in [5.74, 6) is 1.64. The molecule has 0 saturated carbocycles. The summed E-state index contributed by atoms with van der Waals surface area (Å²) in [7, 11) is -3.48. The second-order valence-corrected chi connectivity index (χ2v) is 11.0. The van der Waals surface area contributed by atoms with Crippen molar-refractivity contribution >= 4 is 10.0 Å². The number of benzene rings is 1. The Labute approximate surface area is 174 Å². The molecule has 0 aliphatic carbocycles. The van der Waals surface area contributed by atoms with Crippen molar-refractivity contribution in [1.29, 1.82) is 0 Å². The van der Waals surface area contributed by atoms with Crippen LogP contribution in [-0.2, 0) is 15.4 Å². The van der Waals surface area contributed by atoms with Gasteiger partial charge in [-0.15, -0.1) is 0 Å². The maximum Gasteiger partial charge on any atom is 0.243 e. The van der Waals surface area contributed by atoms with Crippen molar-refractivity contribution in [3.05, 3.63) is 41.5 Å². The predicted molar refractivity (Wildman–Crippen MR) is 112 cm³/mol. The fourth-order valence-electron chi connectivity index (χ4n) is 3.37. The zero-order chi connectivity index (χ0) is 21.4. The Kier molecular flexibility index (Phi) is 6.17. The van der Waals surface area contributed by atoms with Gasteiger partial charge in [0.05, 0.1) is 10.9 Å². The molecule has 1 aliphatic heterocycles. The van der Waals surface area contributed by atoms with Crippen LogP contribution in [0, 0.1) is 0 Å². The molecule has 0 spiro atoms. The number of sulfonamides is 1. The number of rotatable bonds is 5. The van der Waals surface area contributed by atoms with Crippen LogP contribution in [0.15, 0.2) is 33.7 Å². The van der Waals surface area contributed by atoms with E-state index in [1.54, 1.807) is 16.4 Å². The smallest absolute Gasteiger partial charge is 0.243 e. The van der Waals surface area contributed by atoms with Gasteiger partial charge in [0.1, 0.15) is 0 Å². The van der Waals surface area contributed by atoms with Crippen LogP contribution in [0.25, 0.3) is 0 Å². The van der Waals surface area contributed by atoms with Gasteiger partial charge in [-0.2, -0.15) is 9.29 Å². The van der Waals surface area contributed by atoms with Crippen LogP contribution in [-0.4, -0.2) is 53.9 Å². The summed E-state index contributed by atoms with van der Waals surface area (Å²) in [6.45, 7) is 14.5. The summed E-state index contributed by atoms with van der Waals surface area (Å²) < 4.78 is 33.0. The quantitative estimate of drug-likeness (QED) is 0.736. The molecular formula is C21H32N4O3S. The summed E-state index contributed by atoms with van der Waals surface area (Å²) in [6, 6.07) is 7.18. The first-order valence-corrected chi connectivity index (χ1v) is 11.6. The largest absolute Gasteiger partial charge is 0.338 e. The lowest BCUT2D eigenvalue weighted by Crippen LogP contribution is -2.49. The molecule has 0 bridgehead atoms. The van der Waals surface area contributed by atoms with E-state index in [9.17, 15) is 8.42 Å². The predicted octanol–water partition coefficient (Wildman–Crippen LogP) is 3.56. The molecule has 7 nitrogen and oxygen atoms in total. The molecule has 1 atom stereocenters. The van der Waals surface area contributed by atoms with Crippen molar-refractivity contribution in [3.63, 3.8) is 0 Å². The van der Waals surface area contributed by atoms with E-state index in [-0.39, 0.29) is 11.5 Å². The van der Waals surface area contributed by atoms with Crippen molar-refractivity contribution < 1.29 is 12.9 Å². The molecule has 0 N–H and O–H groups in total. The third-order valence-corrected chi connectivity index (χ3v) is 7.39. The molecule has 2 aromatic rings. The Morgan fingerprint density at radius 1 is 1.00 bits per heavy atom. The normalized spacial score (nSPS) is 18.3. The first-order valence-electron chi connectivity index (χ1n) is 10.2. The molecule has 1 fully saturated rings. The highest BCUT2D eigenvalue weighted by Gasteiger charge is 2.32. The van der Waals surface area contributed by atoms with E-state index in [1.165, 1.54) is 0 Å². The minimum Gasteiger partial charge on any atom is -0.338 e. The van der Waals surface area contributed by atoms with Gasteiger partial charge in [0.15, 0.2) is 5.82 Å². The van der Waals surface area contributed by atoms with E-state index in [4.69, 9.17) is 4.52 Å². The SMILES string of the molecule is CC(C)c1ccc(S(=O)(=O)N2CCN(C(C)c3nc(C(C)(C)C)no3)CC2)cc1. The van der Waals surface area contributed by atoms with Gasteiger partial charge in [-0.25, -0.2) is 8.42 Å². The molecule has 1 aromatic carbocycles. The fraction of sp³-hybridized carbons (Fsp3) is 0.619. The summed E-state index contributed by atoms with van der Waals surface area (Å²) in [5.41, 5.74) is 0.969. The van der Waals surface area contributed by atoms with Gasteiger partial charge in [0.2, 0.25) is 15.9 Å². The highest BCUT2D eigenvalue weighted by Crippen LogP contribution is 2.26. The van der Waals surface area contributed by atoms with Gasteiger partial charge in [-0.1, -0.05) is 51.9 Å². The van der Waals surface area contributed by atoms with Gasteiger partial charge in [-0.3, -0.25) is 4.90 Å². The van der Waals surface area contributed by atoms with Crippen molar-refractivity contribution in [2.24, 2.45) is 0 Å². The number of aromatic nitrogens is 2. The maximum absolute atomic E-state index is 13.0. The Bertz CT molecular complexity index is 922. The van der Waals surface area contributed by atoms with Crippen molar-refractivity contribution in [1.82, 2.24) is 19.3 Å². The second kappa shape index (κ2) is 8.16. The van der Waals surface area contributed by atoms with Gasteiger partial charge >= 0.3 is 0 Å². The van der Waals surface area contributed by atoms with Crippen LogP contribution in [0.1, 0.15) is 70.8 Å². The lowest BCUT2D eigenvalue weighted by molar-refractivity contribution is 0.124. The molecule has 1 aromatic heterocycles. The van der Waals surface area contributed by atoms with E-state index in [2.05, 4.69) is 28.9 Å². The van der Waals surface area contributed by atoms with Gasteiger partial charge < -0.3 is 4.52 Å². The van der Waals surface area contributed by atoms with E-state index < -0.39 is 10.0 Å². The third kappa shape index (κ3) is 4.70. The molecule has 0 amide bonds. The molecule has 2 heterocycles. The van der Waals surface area contributed by atoms with Crippen LogP contribution in [0.3, 0.4) is 0 Å². The minimum atomic E-state index is -3.48.